The summed E-state index contributed by atoms with van der Waals surface area (Å²) < 4.78 is 262. The largest absolute Gasteiger partial charge is 0.573 e. The van der Waals surface area contributed by atoms with Gasteiger partial charge in [0.05, 0.1) is 40.1 Å². The number of benzene rings is 10. The second-order valence-electron chi connectivity index (χ2n) is 48.4. The first kappa shape index (κ1) is 137. The van der Waals surface area contributed by atoms with E-state index in [-0.39, 0.29) is 101 Å². The summed E-state index contributed by atoms with van der Waals surface area (Å²) in [5.74, 6) is -1.72. The molecule has 0 radical (unpaired) electrons. The Morgan fingerprint density at radius 1 is 0.253 bits per heavy atom. The van der Waals surface area contributed by atoms with E-state index in [0.29, 0.717) is 41.8 Å². The van der Waals surface area contributed by atoms with Gasteiger partial charge in [-0.05, 0) is 250 Å². The van der Waals surface area contributed by atoms with Crippen molar-refractivity contribution in [1.29, 1.82) is 0 Å². The normalized spacial score (nSPS) is 12.1. The Labute approximate surface area is 883 Å². The lowest BCUT2D eigenvalue weighted by atomic mass is 9.86. The second kappa shape index (κ2) is 58.2. The van der Waals surface area contributed by atoms with E-state index in [0.717, 1.165) is 57.2 Å². The molecule has 28 heteroatoms. The van der Waals surface area contributed by atoms with Gasteiger partial charge >= 0.3 is 19.2 Å². The van der Waals surface area contributed by atoms with Crippen LogP contribution in [-0.4, -0.2) is 90.6 Å². The van der Waals surface area contributed by atoms with Crippen LogP contribution >= 0.6 is 0 Å². The third kappa shape index (κ3) is 55.3. The van der Waals surface area contributed by atoms with Crippen molar-refractivity contribution in [2.75, 3.05) is 54.4 Å². The number of aliphatic hydroxyl groups is 1. The molecule has 0 spiro atoms. The minimum absolute atomic E-state index is 0.0303. The molecule has 10 aromatic rings. The molecule has 11 nitrogen and oxygen atoms in total. The lowest BCUT2D eigenvalue weighted by Crippen LogP contribution is -2.28. The van der Waals surface area contributed by atoms with E-state index < -0.39 is 79.2 Å². The number of alkyl halides is 10. The molecule has 0 aromatic heterocycles. The molecule has 0 aliphatic carbocycles. The number of hydrogen-bond acceptors (Lipinski definition) is 11. The van der Waals surface area contributed by atoms with Crippen molar-refractivity contribution in [3.05, 3.63) is 297 Å². The number of hydrogen-bond donors (Lipinski definition) is 1. The smallest absolute Gasteiger partial charge is 0.497 e. The summed E-state index contributed by atoms with van der Waals surface area (Å²) in [7, 11) is 5.10. The molecule has 0 saturated heterocycles. The molecule has 0 aliphatic rings. The van der Waals surface area contributed by atoms with E-state index >= 15 is 0 Å². The highest BCUT2D eigenvalue weighted by atomic mass is 19.4. The molecule has 840 valence electrons. The van der Waals surface area contributed by atoms with Crippen LogP contribution in [0.1, 0.15) is 312 Å². The second-order valence-corrected chi connectivity index (χ2v) is 48.4. The summed E-state index contributed by atoms with van der Waals surface area (Å²) in [6.45, 7) is 70.4. The maximum absolute atomic E-state index is 13.8. The number of halogens is 17. The van der Waals surface area contributed by atoms with Crippen molar-refractivity contribution >= 4 is 0 Å². The number of methoxy groups -OCH3 is 3. The van der Waals surface area contributed by atoms with Crippen LogP contribution in [0.5, 0.6) is 57.5 Å². The first-order valence-electron chi connectivity index (χ1n) is 49.4. The Morgan fingerprint density at radius 3 is 0.773 bits per heavy atom. The van der Waals surface area contributed by atoms with E-state index in [4.69, 9.17) is 28.4 Å². The Bertz CT molecular complexity index is 5390. The van der Waals surface area contributed by atoms with Crippen LogP contribution < -0.4 is 47.4 Å². The molecule has 0 bridgehead atoms. The van der Waals surface area contributed by atoms with Gasteiger partial charge in [0.2, 0.25) is 0 Å². The lowest BCUT2D eigenvalue weighted by Gasteiger charge is -2.22. The average molecular weight is 2130 g/mol. The summed E-state index contributed by atoms with van der Waals surface area (Å²) >= 11 is 0. The lowest BCUT2D eigenvalue weighted by molar-refractivity contribution is -0.275. The van der Waals surface area contributed by atoms with Gasteiger partial charge in [-0.25, -0.2) is 39.5 Å². The van der Waals surface area contributed by atoms with Crippen LogP contribution in [0.25, 0.3) is 0 Å². The molecule has 0 unspecified atom stereocenters. The van der Waals surface area contributed by atoms with Crippen LogP contribution in [0.2, 0.25) is 0 Å². The summed E-state index contributed by atoms with van der Waals surface area (Å²) in [4.78, 5) is 0. The fraction of sp³-hybridized carbons (Fsp3) is 0.508. The predicted molar refractivity (Wildman–Crippen MR) is 574 cm³/mol. The first-order chi connectivity index (χ1) is 67.9. The minimum Gasteiger partial charge on any atom is -0.497 e. The van der Waals surface area contributed by atoms with Crippen molar-refractivity contribution in [2.45, 2.75) is 342 Å². The van der Waals surface area contributed by atoms with Gasteiger partial charge in [0, 0.05) is 0 Å². The van der Waals surface area contributed by atoms with Gasteiger partial charge in [-0.2, -0.15) is 22.0 Å². The molecule has 10 aromatic carbocycles. The maximum Gasteiger partial charge on any atom is 0.573 e. The summed E-state index contributed by atoms with van der Waals surface area (Å²) in [6.07, 6.45) is -11.9. The molecule has 0 saturated carbocycles. The van der Waals surface area contributed by atoms with Gasteiger partial charge in [0.15, 0.2) is 87.6 Å². The molecular weight excluding hydrogens is 1960 g/mol. The molecule has 0 heterocycles. The van der Waals surface area contributed by atoms with Crippen molar-refractivity contribution < 1.29 is 127 Å². The van der Waals surface area contributed by atoms with Gasteiger partial charge in [0.1, 0.15) is 30.5 Å². The number of rotatable bonds is 19. The highest BCUT2D eigenvalue weighted by Crippen LogP contribution is 2.39. The fourth-order valence-corrected chi connectivity index (χ4v) is 12.3. The van der Waals surface area contributed by atoms with Crippen LogP contribution in [0.15, 0.2) is 200 Å². The van der Waals surface area contributed by atoms with E-state index in [1.165, 1.54) is 65.2 Å². The van der Waals surface area contributed by atoms with Gasteiger partial charge in [-0.15, -0.1) is 13.2 Å². The Balaban J connectivity index is 0.000000835. The third-order valence-electron chi connectivity index (χ3n) is 21.4. The zero-order chi connectivity index (χ0) is 116. The third-order valence-corrected chi connectivity index (χ3v) is 21.4. The molecule has 10 rings (SSSR count). The van der Waals surface area contributed by atoms with Crippen LogP contribution in [-0.2, 0) is 54.1 Å². The van der Waals surface area contributed by atoms with Crippen LogP contribution in [0.4, 0.5) is 74.6 Å². The molecule has 0 atom stereocenters. The van der Waals surface area contributed by atoms with Gasteiger partial charge in [0.25, 0.3) is 6.43 Å². The molecular formula is C122H167F17O11. The van der Waals surface area contributed by atoms with Crippen molar-refractivity contribution in [2.24, 2.45) is 11.3 Å². The zero-order valence-electron chi connectivity index (χ0n) is 95.8. The number of ether oxygens (including phenoxy) is 10. The van der Waals surface area contributed by atoms with Crippen LogP contribution in [0, 0.1) is 52.1 Å². The average Bonchev–Trinajstić information content (AvgIpc) is 0.848. The Kier molecular flexibility index (Phi) is 53.1. The van der Waals surface area contributed by atoms with E-state index in [1.54, 1.807) is 83.7 Å². The molecule has 150 heavy (non-hydrogen) atoms. The van der Waals surface area contributed by atoms with Crippen LogP contribution in [0.3, 0.4) is 0 Å². The summed E-state index contributed by atoms with van der Waals surface area (Å²) in [6, 6.07) is 55.8. The van der Waals surface area contributed by atoms with Crippen molar-refractivity contribution in [3.8, 4) is 57.5 Å². The summed E-state index contributed by atoms with van der Waals surface area (Å²) in [5, 5.41) is 9.51. The van der Waals surface area contributed by atoms with E-state index in [2.05, 4.69) is 174 Å². The predicted octanol–water partition coefficient (Wildman–Crippen LogP) is 36.5. The standard InChI is InChI=1S/C15H23FO.C14H21FO2.C14H21FO.C12H14F4O.C12H15F3O.C11H12F4O.C11H13F3O.3C11H16O/c1-14(2,3)10-17-13-8-7-11(9-12(13)16)15(4,5)6;1-13(2,3)10-6-7-12(11(15)8-10)17-9-14(4,5)16;1-10(2)9-16-13-7-6-11(8-12(13)15)14(3,4)5;1-11(2,3)8-4-5-10(9(13)6-8)17-7-12(14,15)16;1-12(2,3)8-4-5-10(9(13)6-8)16-7-11(14)15;1-10(2,3)7-4-5-9(8(12)6-7)16-11(13,14)15;1-11(2,3)7-4-5-9(8(12)6-7)15-10(13)14;1-11(2,3)9-5-7-10(12-4)8-6-9;1-11(2,3)9-6-5-7-10(8-9)12-4;1-11(2,3)9-7-5-6-8-10(9)12-4/h7-9H,10H2,1-6H3;6-8,16H,9H2,1-5H3;6-8,10H,9H2,1-5H3;4-6H,7H2,1-3H3;4-6,11H,7H2,1-3H3;4-6H,1-3H3;4-6,10H,1-3H3;3*5-8H,1-4H3. The van der Waals surface area contributed by atoms with Crippen molar-refractivity contribution in [3.63, 3.8) is 0 Å². The van der Waals surface area contributed by atoms with Crippen molar-refractivity contribution in [1.82, 2.24) is 0 Å². The highest BCUT2D eigenvalue weighted by molar-refractivity contribution is 5.42. The molecule has 0 amide bonds. The quantitative estimate of drug-likeness (QED) is 0.0781. The van der Waals surface area contributed by atoms with Gasteiger partial charge in [-0.3, -0.25) is 0 Å². The molecule has 0 fully saturated rings. The highest BCUT2D eigenvalue weighted by Gasteiger charge is 2.34. The maximum atomic E-state index is 13.8. The van der Waals surface area contributed by atoms with E-state index in [9.17, 15) is 79.7 Å². The Hall–Kier alpha value is -11.0. The molecule has 1 N–H and O–H groups in total. The monoisotopic (exact) mass is 2130 g/mol. The number of para-hydroxylation sites is 1. The topological polar surface area (TPSA) is 113 Å². The Morgan fingerprint density at radius 2 is 0.527 bits per heavy atom. The minimum atomic E-state index is -4.87. The zero-order valence-corrected chi connectivity index (χ0v) is 95.8. The van der Waals surface area contributed by atoms with Gasteiger partial charge in [-0.1, -0.05) is 327 Å². The SMILES string of the molecule is CC(C)(C)COc1ccc(C(C)(C)C)cc1F.CC(C)(C)c1ccc(OC(F)(F)F)c(F)c1.CC(C)(C)c1ccc(OC(F)F)c(F)c1.CC(C)(C)c1ccc(OCC(F)(F)F)c(F)c1.CC(C)(C)c1ccc(OCC(F)F)c(F)c1.CC(C)(O)COc1ccc(C(C)(C)C)cc1F.CC(C)COc1ccc(C(C)(C)C)cc1F.COc1ccc(C(C)(C)C)cc1.COc1cccc(C(C)(C)C)c1.COc1ccccc1C(C)(C)C. The molecule has 0 aliphatic heterocycles. The summed E-state index contributed by atoms with van der Waals surface area (Å²) in [5.41, 5.74) is 8.18. The van der Waals surface area contributed by atoms with Gasteiger partial charge < -0.3 is 52.5 Å². The fourth-order valence-electron chi connectivity index (χ4n) is 12.3. The van der Waals surface area contributed by atoms with E-state index in [1.807, 2.05) is 178 Å². The first-order valence-corrected chi connectivity index (χ1v) is 49.4.